The Labute approximate surface area is 95.2 Å². The molecule has 2 aromatic rings. The second-order valence-electron chi connectivity index (χ2n) is 2.98. The Kier molecular flexibility index (Phi) is 2.62. The second kappa shape index (κ2) is 4.08. The Bertz CT molecular complexity index is 618. The lowest BCUT2D eigenvalue weighted by atomic mass is 10.2. The summed E-state index contributed by atoms with van der Waals surface area (Å²) in [6.45, 7) is 0. The van der Waals surface area contributed by atoms with E-state index in [9.17, 15) is 0 Å². The van der Waals surface area contributed by atoms with Gasteiger partial charge >= 0.3 is 0 Å². The molecule has 0 spiro atoms. The van der Waals surface area contributed by atoms with Gasteiger partial charge in [-0.15, -0.1) is 11.3 Å². The van der Waals surface area contributed by atoms with Crippen molar-refractivity contribution in [2.75, 3.05) is 0 Å². The van der Waals surface area contributed by atoms with Crippen molar-refractivity contribution in [3.63, 3.8) is 0 Å². The maximum atomic E-state index is 8.80. The van der Waals surface area contributed by atoms with Gasteiger partial charge in [0, 0.05) is 10.4 Å². The maximum Gasteiger partial charge on any atom is 0.157 e. The molecule has 16 heavy (non-hydrogen) atoms. The Morgan fingerprint density at radius 3 is 2.75 bits per heavy atom. The molecule has 0 aliphatic rings. The van der Waals surface area contributed by atoms with E-state index >= 15 is 0 Å². The Balaban J connectivity index is 2.73. The number of hydrogen-bond acceptors (Lipinski definition) is 5. The summed E-state index contributed by atoms with van der Waals surface area (Å²) in [5, 5.41) is 21.8. The van der Waals surface area contributed by atoms with Crippen molar-refractivity contribution in [1.29, 1.82) is 16.2 Å². The van der Waals surface area contributed by atoms with E-state index in [-0.39, 0.29) is 11.2 Å². The van der Waals surface area contributed by atoms with Gasteiger partial charge in [-0.1, -0.05) is 11.3 Å². The van der Waals surface area contributed by atoms with Gasteiger partial charge in [0.05, 0.1) is 0 Å². The zero-order valence-corrected chi connectivity index (χ0v) is 8.95. The molecule has 0 bridgehead atoms. The van der Waals surface area contributed by atoms with Gasteiger partial charge in [0.2, 0.25) is 0 Å². The Morgan fingerprint density at radius 2 is 2.19 bits per heavy atom. The highest BCUT2D eigenvalue weighted by atomic mass is 32.1. The van der Waals surface area contributed by atoms with Crippen LogP contribution in [-0.4, -0.2) is 4.68 Å². The minimum Gasteiger partial charge on any atom is -0.282 e. The fourth-order valence-corrected chi connectivity index (χ4v) is 2.12. The van der Waals surface area contributed by atoms with Crippen molar-refractivity contribution < 1.29 is 0 Å². The van der Waals surface area contributed by atoms with Crippen LogP contribution in [-0.2, 0) is 0 Å². The van der Waals surface area contributed by atoms with Crippen LogP contribution in [0.25, 0.3) is 10.4 Å². The smallest absolute Gasteiger partial charge is 0.157 e. The van der Waals surface area contributed by atoms with Crippen LogP contribution >= 0.6 is 11.3 Å². The van der Waals surface area contributed by atoms with Gasteiger partial charge < -0.3 is 0 Å². The first-order valence-electron chi connectivity index (χ1n) is 4.40. The summed E-state index contributed by atoms with van der Waals surface area (Å²) in [5.41, 5.74) is 7.88. The average molecular weight is 229 g/mol. The molecule has 0 saturated carbocycles. The second-order valence-corrected chi connectivity index (χ2v) is 3.93. The van der Waals surface area contributed by atoms with Crippen molar-refractivity contribution in [1.82, 2.24) is 4.68 Å². The van der Waals surface area contributed by atoms with Crippen LogP contribution in [0.1, 0.15) is 5.69 Å². The molecule has 78 valence electrons. The van der Waals surface area contributed by atoms with Crippen LogP contribution in [0.5, 0.6) is 0 Å². The summed E-state index contributed by atoms with van der Waals surface area (Å²) in [6, 6.07) is 8.93. The van der Waals surface area contributed by atoms with Gasteiger partial charge in [-0.25, -0.2) is 0 Å². The largest absolute Gasteiger partial charge is 0.282 e. The molecular weight excluding hydrogens is 222 g/mol. The van der Waals surface area contributed by atoms with Gasteiger partial charge in [0.15, 0.2) is 5.49 Å². The summed E-state index contributed by atoms with van der Waals surface area (Å²) >= 11 is 1.50. The molecule has 2 aromatic heterocycles. The highest BCUT2D eigenvalue weighted by Gasteiger charge is 2.07. The molecule has 0 aromatic carbocycles. The number of aromatic nitrogens is 1. The fourth-order valence-electron chi connectivity index (χ4n) is 1.37. The quantitative estimate of drug-likeness (QED) is 0.760. The van der Waals surface area contributed by atoms with Crippen molar-refractivity contribution in [2.24, 2.45) is 5.22 Å². The van der Waals surface area contributed by atoms with E-state index < -0.39 is 0 Å². The zero-order valence-electron chi connectivity index (χ0n) is 8.14. The van der Waals surface area contributed by atoms with Gasteiger partial charge in [-0.2, -0.15) is 15.5 Å². The molecule has 0 saturated heterocycles. The minimum atomic E-state index is 0.0523. The number of nitrogens with zero attached hydrogens (tertiary/aromatic N) is 3. The van der Waals surface area contributed by atoms with Crippen molar-refractivity contribution in [3.8, 4) is 16.5 Å². The summed E-state index contributed by atoms with van der Waals surface area (Å²) in [4.78, 5) is 0.923. The minimum absolute atomic E-state index is 0.0523. The van der Waals surface area contributed by atoms with Crippen LogP contribution in [0, 0.1) is 22.3 Å². The molecule has 0 atom stereocenters. The highest BCUT2D eigenvalue weighted by Crippen LogP contribution is 2.21. The van der Waals surface area contributed by atoms with E-state index in [1.807, 2.05) is 23.6 Å². The topological polar surface area (TPSA) is 88.8 Å². The molecule has 0 radical (unpaired) electrons. The van der Waals surface area contributed by atoms with Gasteiger partial charge in [-0.3, -0.25) is 5.41 Å². The summed E-state index contributed by atoms with van der Waals surface area (Å²) in [7, 11) is 0. The number of thiophene rings is 1. The molecule has 0 unspecified atom stereocenters. The number of hydrogen-bond donors (Lipinski definition) is 2. The van der Waals surface area contributed by atoms with E-state index in [0.29, 0.717) is 5.56 Å². The van der Waals surface area contributed by atoms with Gasteiger partial charge in [0.1, 0.15) is 11.8 Å². The van der Waals surface area contributed by atoms with E-state index in [2.05, 4.69) is 5.22 Å². The predicted octanol–water partition coefficient (Wildman–Crippen LogP) is 2.36. The predicted molar refractivity (Wildman–Crippen MR) is 58.9 cm³/mol. The normalized spacial score (nSPS) is 9.69. The van der Waals surface area contributed by atoms with Crippen molar-refractivity contribution in [3.05, 3.63) is 40.8 Å². The molecule has 6 heteroatoms. The molecule has 0 aliphatic heterocycles. The number of nitriles is 1. The first-order chi connectivity index (χ1) is 7.77. The molecule has 0 fully saturated rings. The third kappa shape index (κ3) is 1.53. The monoisotopic (exact) mass is 229 g/mol. The molecular formula is C10H7N5S. The number of nitrogens with one attached hydrogen (secondary N) is 2. The van der Waals surface area contributed by atoms with E-state index in [0.717, 1.165) is 9.55 Å². The van der Waals surface area contributed by atoms with Crippen molar-refractivity contribution >= 4 is 11.3 Å². The summed E-state index contributed by atoms with van der Waals surface area (Å²) in [6.07, 6.45) is 0. The zero-order chi connectivity index (χ0) is 11.5. The van der Waals surface area contributed by atoms with Crippen LogP contribution in [0.15, 0.2) is 34.9 Å². The fraction of sp³-hybridized carbons (Fsp3) is 0. The molecule has 2 N–H and O–H groups in total. The molecule has 0 amide bonds. The van der Waals surface area contributed by atoms with Gasteiger partial charge in [0.25, 0.3) is 0 Å². The SMILES string of the molecule is N#Cc1ccc(-c2cccs2)c(=N)n1N=N. The Morgan fingerprint density at radius 1 is 1.38 bits per heavy atom. The maximum absolute atomic E-state index is 8.80. The van der Waals surface area contributed by atoms with E-state index in [4.69, 9.17) is 16.2 Å². The van der Waals surface area contributed by atoms with Crippen LogP contribution in [0.2, 0.25) is 0 Å². The third-order valence-corrected chi connectivity index (χ3v) is 3.01. The van der Waals surface area contributed by atoms with Gasteiger partial charge in [-0.05, 0) is 23.6 Å². The lowest BCUT2D eigenvalue weighted by molar-refractivity contribution is 0.700. The number of rotatable bonds is 2. The lowest BCUT2D eigenvalue weighted by Crippen LogP contribution is -2.19. The summed E-state index contributed by atoms with van der Waals surface area (Å²) in [5.74, 6) is 0. The summed E-state index contributed by atoms with van der Waals surface area (Å²) < 4.78 is 1.01. The molecule has 2 rings (SSSR count). The van der Waals surface area contributed by atoms with Crippen LogP contribution in [0.4, 0.5) is 0 Å². The Hall–Kier alpha value is -2.26. The lowest BCUT2D eigenvalue weighted by Gasteiger charge is -2.04. The standard InChI is InChI=1S/C10H7N5S/c11-6-7-3-4-8(9-2-1-5-16-9)10(12)15(7)14-13/h1-5,12-13H. The first-order valence-corrected chi connectivity index (χ1v) is 5.28. The third-order valence-electron chi connectivity index (χ3n) is 2.10. The van der Waals surface area contributed by atoms with E-state index in [1.165, 1.54) is 11.3 Å². The first kappa shape index (κ1) is 10.3. The van der Waals surface area contributed by atoms with Crippen molar-refractivity contribution in [2.45, 2.75) is 0 Å². The average Bonchev–Trinajstić information content (AvgIpc) is 2.81. The van der Waals surface area contributed by atoms with Crippen LogP contribution in [0.3, 0.4) is 0 Å². The highest BCUT2D eigenvalue weighted by molar-refractivity contribution is 7.13. The number of pyridine rings is 1. The van der Waals surface area contributed by atoms with E-state index in [1.54, 1.807) is 12.1 Å². The molecule has 5 nitrogen and oxygen atoms in total. The molecule has 0 aliphatic carbocycles. The molecule has 2 heterocycles. The van der Waals surface area contributed by atoms with Crippen LogP contribution < -0.4 is 5.49 Å².